The van der Waals surface area contributed by atoms with Crippen LogP contribution in [0.1, 0.15) is 37.8 Å². The molecule has 7 heteroatoms. The van der Waals surface area contributed by atoms with E-state index < -0.39 is 12.1 Å². The number of hydrogen-bond donors (Lipinski definition) is 3. The summed E-state index contributed by atoms with van der Waals surface area (Å²) in [5.74, 6) is -0.174. The molecular formula is C24H29N3O4. The van der Waals surface area contributed by atoms with E-state index in [0.717, 1.165) is 29.7 Å². The Morgan fingerprint density at radius 2 is 1.65 bits per heavy atom. The van der Waals surface area contributed by atoms with Crippen molar-refractivity contribution in [1.82, 2.24) is 10.6 Å². The molecule has 0 aliphatic heterocycles. The van der Waals surface area contributed by atoms with Crippen LogP contribution in [0.5, 0.6) is 0 Å². The zero-order chi connectivity index (χ0) is 22.2. The average Bonchev–Trinajstić information content (AvgIpc) is 3.61. The lowest BCUT2D eigenvalue weighted by Crippen LogP contribution is -2.49. The summed E-state index contributed by atoms with van der Waals surface area (Å²) in [4.78, 5) is 36.6. The van der Waals surface area contributed by atoms with Gasteiger partial charge in [0.05, 0.1) is 0 Å². The monoisotopic (exact) mass is 423 g/mol. The molecule has 2 aromatic carbocycles. The van der Waals surface area contributed by atoms with Crippen LogP contribution in [-0.4, -0.2) is 23.9 Å². The molecule has 3 rings (SSSR count). The molecule has 0 unspecified atom stereocenters. The molecule has 0 spiro atoms. The molecule has 3 amide bonds. The molecule has 2 aromatic rings. The number of carbonyl (C=O) groups excluding carboxylic acids is 3. The molecule has 0 radical (unpaired) electrons. The summed E-state index contributed by atoms with van der Waals surface area (Å²) in [6.07, 6.45) is 1.29. The molecule has 0 bridgehead atoms. The number of anilines is 1. The lowest BCUT2D eigenvalue weighted by Gasteiger charge is -2.21. The number of hydrogen-bond acceptors (Lipinski definition) is 4. The van der Waals surface area contributed by atoms with Crippen molar-refractivity contribution >= 4 is 23.6 Å². The van der Waals surface area contributed by atoms with Crippen LogP contribution in [0.15, 0.2) is 54.6 Å². The Morgan fingerprint density at radius 1 is 0.968 bits per heavy atom. The van der Waals surface area contributed by atoms with Crippen LogP contribution in [0, 0.1) is 11.8 Å². The third-order valence-corrected chi connectivity index (χ3v) is 5.07. The van der Waals surface area contributed by atoms with Gasteiger partial charge in [0.1, 0.15) is 12.6 Å². The Balaban J connectivity index is 1.46. The van der Waals surface area contributed by atoms with Crippen molar-refractivity contribution in [3.05, 3.63) is 65.7 Å². The topological polar surface area (TPSA) is 96.5 Å². The fourth-order valence-corrected chi connectivity index (χ4v) is 3.02. The van der Waals surface area contributed by atoms with Gasteiger partial charge in [-0.2, -0.15) is 0 Å². The molecule has 0 saturated heterocycles. The van der Waals surface area contributed by atoms with Crippen molar-refractivity contribution in [3.63, 3.8) is 0 Å². The van der Waals surface area contributed by atoms with Crippen LogP contribution in [0.25, 0.3) is 0 Å². The fourth-order valence-electron chi connectivity index (χ4n) is 3.02. The lowest BCUT2D eigenvalue weighted by atomic mass is 10.0. The molecule has 1 aliphatic rings. The summed E-state index contributed by atoms with van der Waals surface area (Å²) in [7, 11) is 0. The molecular weight excluding hydrogens is 394 g/mol. The van der Waals surface area contributed by atoms with E-state index in [1.165, 1.54) is 0 Å². The van der Waals surface area contributed by atoms with Gasteiger partial charge in [0.25, 0.3) is 0 Å². The van der Waals surface area contributed by atoms with E-state index in [0.29, 0.717) is 6.54 Å². The summed E-state index contributed by atoms with van der Waals surface area (Å²) in [6.45, 7) is 4.18. The van der Waals surface area contributed by atoms with Crippen LogP contribution in [0.2, 0.25) is 0 Å². The number of nitrogens with one attached hydrogen (secondary N) is 3. The molecule has 0 aromatic heterocycles. The highest BCUT2D eigenvalue weighted by atomic mass is 16.5. The van der Waals surface area contributed by atoms with Crippen molar-refractivity contribution in [2.24, 2.45) is 11.8 Å². The molecule has 1 atom stereocenters. The summed E-state index contributed by atoms with van der Waals surface area (Å²) >= 11 is 0. The average molecular weight is 424 g/mol. The Morgan fingerprint density at radius 3 is 2.26 bits per heavy atom. The first-order valence-corrected chi connectivity index (χ1v) is 10.6. The van der Waals surface area contributed by atoms with Crippen molar-refractivity contribution in [1.29, 1.82) is 0 Å². The Kier molecular flexibility index (Phi) is 7.65. The molecule has 1 fully saturated rings. The fraction of sp³-hybridized carbons (Fsp3) is 0.375. The maximum absolute atomic E-state index is 12.6. The normalized spacial score (nSPS) is 13.9. The minimum atomic E-state index is -0.708. The Hall–Kier alpha value is -3.35. The van der Waals surface area contributed by atoms with Gasteiger partial charge in [-0.05, 0) is 42.0 Å². The van der Waals surface area contributed by atoms with Gasteiger partial charge < -0.3 is 20.7 Å². The Bertz CT molecular complexity index is 893. The van der Waals surface area contributed by atoms with Gasteiger partial charge in [0.2, 0.25) is 11.8 Å². The van der Waals surface area contributed by atoms with Gasteiger partial charge in [0.15, 0.2) is 0 Å². The summed E-state index contributed by atoms with van der Waals surface area (Å²) < 4.78 is 5.22. The molecule has 1 saturated carbocycles. The second kappa shape index (κ2) is 10.6. The zero-order valence-corrected chi connectivity index (χ0v) is 17.9. The largest absolute Gasteiger partial charge is 0.445 e. The van der Waals surface area contributed by atoms with Gasteiger partial charge >= 0.3 is 6.09 Å². The summed E-state index contributed by atoms with van der Waals surface area (Å²) in [6, 6.07) is 16.0. The lowest BCUT2D eigenvalue weighted by molar-refractivity contribution is -0.124. The number of benzene rings is 2. The van der Waals surface area contributed by atoms with E-state index >= 15 is 0 Å². The van der Waals surface area contributed by atoms with Gasteiger partial charge in [-0.25, -0.2) is 4.79 Å². The van der Waals surface area contributed by atoms with E-state index in [-0.39, 0.29) is 30.3 Å². The van der Waals surface area contributed by atoms with E-state index in [1.807, 2.05) is 68.4 Å². The first kappa shape index (κ1) is 22.3. The number of carbonyl (C=O) groups is 3. The van der Waals surface area contributed by atoms with Crippen molar-refractivity contribution in [2.45, 2.75) is 45.9 Å². The molecule has 0 heterocycles. The first-order chi connectivity index (χ1) is 14.9. The highest BCUT2D eigenvalue weighted by Gasteiger charge is 2.29. The first-order valence-electron chi connectivity index (χ1n) is 10.6. The second-order valence-electron chi connectivity index (χ2n) is 8.11. The van der Waals surface area contributed by atoms with Gasteiger partial charge in [-0.3, -0.25) is 9.59 Å². The molecule has 164 valence electrons. The molecule has 7 nitrogen and oxygen atoms in total. The number of ether oxygens (including phenoxy) is 1. The molecule has 1 aliphatic carbocycles. The minimum Gasteiger partial charge on any atom is -0.445 e. The Labute approximate surface area is 182 Å². The van der Waals surface area contributed by atoms with E-state index in [2.05, 4.69) is 16.0 Å². The number of alkyl carbamates (subject to hydrolysis) is 1. The van der Waals surface area contributed by atoms with Crippen LogP contribution >= 0.6 is 0 Å². The second-order valence-corrected chi connectivity index (χ2v) is 8.11. The molecule has 31 heavy (non-hydrogen) atoms. The number of amides is 3. The smallest absolute Gasteiger partial charge is 0.408 e. The van der Waals surface area contributed by atoms with Crippen molar-refractivity contribution in [3.8, 4) is 0 Å². The maximum atomic E-state index is 12.6. The third-order valence-electron chi connectivity index (χ3n) is 5.07. The van der Waals surface area contributed by atoms with Crippen LogP contribution < -0.4 is 16.0 Å². The summed E-state index contributed by atoms with van der Waals surface area (Å²) in [5, 5.41) is 8.39. The van der Waals surface area contributed by atoms with Crippen LogP contribution in [-0.2, 0) is 27.5 Å². The van der Waals surface area contributed by atoms with Crippen LogP contribution in [0.3, 0.4) is 0 Å². The summed E-state index contributed by atoms with van der Waals surface area (Å²) in [5.41, 5.74) is 2.52. The van der Waals surface area contributed by atoms with Gasteiger partial charge in [-0.15, -0.1) is 0 Å². The van der Waals surface area contributed by atoms with Gasteiger partial charge in [0, 0.05) is 18.2 Å². The van der Waals surface area contributed by atoms with E-state index in [4.69, 9.17) is 4.74 Å². The predicted octanol–water partition coefficient (Wildman–Crippen LogP) is 3.60. The van der Waals surface area contributed by atoms with Crippen molar-refractivity contribution < 1.29 is 19.1 Å². The van der Waals surface area contributed by atoms with Crippen LogP contribution in [0.4, 0.5) is 10.5 Å². The highest BCUT2D eigenvalue weighted by Crippen LogP contribution is 2.30. The van der Waals surface area contributed by atoms with E-state index in [9.17, 15) is 14.4 Å². The van der Waals surface area contributed by atoms with E-state index in [1.54, 1.807) is 0 Å². The number of rotatable bonds is 9. The van der Waals surface area contributed by atoms with Crippen molar-refractivity contribution in [2.75, 3.05) is 5.32 Å². The highest BCUT2D eigenvalue weighted by molar-refractivity contribution is 5.94. The SMILES string of the molecule is CC(C)[C@H](NC(=O)OCc1ccccc1)C(=O)NCc1ccc(NC(=O)C2CC2)cc1. The standard InChI is InChI=1S/C24H29N3O4/c1-16(2)21(27-24(30)31-15-18-6-4-3-5-7-18)23(29)25-14-17-8-12-20(13-9-17)26-22(28)19-10-11-19/h3-9,12-13,16,19,21H,10-11,14-15H2,1-2H3,(H,25,29)(H,26,28)(H,27,30)/t21-/m0/s1. The molecule has 3 N–H and O–H groups in total. The maximum Gasteiger partial charge on any atom is 0.408 e. The third kappa shape index (κ3) is 7.13. The zero-order valence-electron chi connectivity index (χ0n) is 17.9. The predicted molar refractivity (Wildman–Crippen MR) is 118 cm³/mol. The minimum absolute atomic E-state index is 0.0612. The quantitative estimate of drug-likeness (QED) is 0.574. The van der Waals surface area contributed by atoms with Gasteiger partial charge in [-0.1, -0.05) is 56.3 Å².